The van der Waals surface area contributed by atoms with E-state index in [1.807, 2.05) is 19.4 Å². The summed E-state index contributed by atoms with van der Waals surface area (Å²) < 4.78 is 32.6. The minimum Gasteiger partial charge on any atom is -0.433 e. The number of rotatable bonds is 5. The normalized spacial score (nSPS) is 11.2. The zero-order valence-electron chi connectivity index (χ0n) is 12.2. The summed E-state index contributed by atoms with van der Waals surface area (Å²) in [4.78, 5) is 0. The lowest BCUT2D eigenvalue weighted by atomic mass is 10.1. The van der Waals surface area contributed by atoms with Crippen molar-refractivity contribution in [1.29, 1.82) is 0 Å². The highest BCUT2D eigenvalue weighted by molar-refractivity contribution is 6.32. The average Bonchev–Trinajstić information content (AvgIpc) is 3.11. The Morgan fingerprint density at radius 1 is 1.17 bits per heavy atom. The minimum atomic E-state index is -2.92. The maximum absolute atomic E-state index is 12.4. The molecule has 0 bridgehead atoms. The minimum absolute atomic E-state index is 0.0563. The Morgan fingerprint density at radius 2 is 2.00 bits per heavy atom. The van der Waals surface area contributed by atoms with Crippen LogP contribution in [-0.2, 0) is 13.6 Å². The van der Waals surface area contributed by atoms with Crippen LogP contribution in [0.15, 0.2) is 43.0 Å². The first-order valence-electron chi connectivity index (χ1n) is 6.76. The lowest BCUT2D eigenvalue weighted by Crippen LogP contribution is -2.02. The van der Waals surface area contributed by atoms with Gasteiger partial charge in [-0.05, 0) is 17.7 Å². The van der Waals surface area contributed by atoms with Crippen molar-refractivity contribution in [2.45, 2.75) is 13.2 Å². The van der Waals surface area contributed by atoms with Gasteiger partial charge in [-0.1, -0.05) is 17.7 Å². The fourth-order valence-electron chi connectivity index (χ4n) is 2.21. The SMILES string of the molecule is Cn1cc(Cn2cc(-c3ccc(Cl)c(OC(F)F)c3)cn2)cn1. The Morgan fingerprint density at radius 3 is 2.70 bits per heavy atom. The zero-order valence-corrected chi connectivity index (χ0v) is 12.9. The third-order valence-corrected chi connectivity index (χ3v) is 3.53. The van der Waals surface area contributed by atoms with Gasteiger partial charge in [0.25, 0.3) is 0 Å². The first-order chi connectivity index (χ1) is 11.0. The van der Waals surface area contributed by atoms with Gasteiger partial charge in [0.05, 0.1) is 24.0 Å². The van der Waals surface area contributed by atoms with Gasteiger partial charge in [-0.2, -0.15) is 19.0 Å². The van der Waals surface area contributed by atoms with Crippen LogP contribution in [-0.4, -0.2) is 26.2 Å². The van der Waals surface area contributed by atoms with Crippen molar-refractivity contribution >= 4 is 11.6 Å². The lowest BCUT2D eigenvalue weighted by molar-refractivity contribution is -0.0497. The van der Waals surface area contributed by atoms with Gasteiger partial charge < -0.3 is 4.74 Å². The van der Waals surface area contributed by atoms with E-state index in [1.54, 1.807) is 27.8 Å². The molecule has 0 aliphatic carbocycles. The van der Waals surface area contributed by atoms with Crippen molar-refractivity contribution in [2.75, 3.05) is 0 Å². The van der Waals surface area contributed by atoms with Crippen molar-refractivity contribution in [3.8, 4) is 16.9 Å². The van der Waals surface area contributed by atoms with Crippen LogP contribution in [0.2, 0.25) is 5.02 Å². The van der Waals surface area contributed by atoms with Crippen LogP contribution in [0.1, 0.15) is 5.56 Å². The Bertz CT molecular complexity index is 815. The van der Waals surface area contributed by atoms with E-state index < -0.39 is 6.61 Å². The van der Waals surface area contributed by atoms with Crippen molar-refractivity contribution in [2.24, 2.45) is 7.05 Å². The topological polar surface area (TPSA) is 44.9 Å². The highest BCUT2D eigenvalue weighted by Crippen LogP contribution is 2.31. The van der Waals surface area contributed by atoms with Gasteiger partial charge in [0, 0.05) is 30.6 Å². The van der Waals surface area contributed by atoms with E-state index in [4.69, 9.17) is 11.6 Å². The predicted octanol–water partition coefficient (Wildman–Crippen LogP) is 3.59. The molecule has 2 heterocycles. The first kappa shape index (κ1) is 15.5. The first-order valence-corrected chi connectivity index (χ1v) is 7.14. The van der Waals surface area contributed by atoms with Crippen molar-refractivity contribution in [3.63, 3.8) is 0 Å². The molecule has 8 heteroatoms. The second-order valence-corrected chi connectivity index (χ2v) is 5.38. The molecule has 0 amide bonds. The van der Waals surface area contributed by atoms with Crippen LogP contribution in [0.25, 0.3) is 11.1 Å². The van der Waals surface area contributed by atoms with E-state index in [0.29, 0.717) is 12.1 Å². The number of aryl methyl sites for hydroxylation is 1. The fraction of sp³-hybridized carbons (Fsp3) is 0.200. The maximum atomic E-state index is 12.4. The zero-order chi connectivity index (χ0) is 16.4. The van der Waals surface area contributed by atoms with E-state index in [2.05, 4.69) is 14.9 Å². The summed E-state index contributed by atoms with van der Waals surface area (Å²) in [7, 11) is 1.84. The third kappa shape index (κ3) is 3.68. The number of hydrogen-bond donors (Lipinski definition) is 0. The van der Waals surface area contributed by atoms with Gasteiger partial charge >= 0.3 is 6.61 Å². The molecule has 3 rings (SSSR count). The van der Waals surface area contributed by atoms with Gasteiger partial charge in [-0.25, -0.2) is 0 Å². The van der Waals surface area contributed by atoms with E-state index in [9.17, 15) is 8.78 Å². The number of aromatic nitrogens is 4. The number of ether oxygens (including phenoxy) is 1. The van der Waals surface area contributed by atoms with Crippen LogP contribution in [0.5, 0.6) is 5.75 Å². The lowest BCUT2D eigenvalue weighted by Gasteiger charge is -2.08. The van der Waals surface area contributed by atoms with Gasteiger partial charge in [-0.15, -0.1) is 0 Å². The van der Waals surface area contributed by atoms with Crippen molar-refractivity contribution in [3.05, 3.63) is 53.6 Å². The second kappa shape index (κ2) is 6.37. The molecule has 0 unspecified atom stereocenters. The standard InChI is InChI=1S/C15H13ClF2N4O/c1-21-7-10(5-19-21)8-22-9-12(6-20-22)11-2-3-13(16)14(4-11)23-15(17)18/h2-7,9,15H,8H2,1H3. The molecule has 0 radical (unpaired) electrons. The van der Waals surface area contributed by atoms with Gasteiger partial charge in [0.1, 0.15) is 5.75 Å². The summed E-state index contributed by atoms with van der Waals surface area (Å²) in [5.74, 6) is -0.0563. The molecule has 0 atom stereocenters. The Balaban J connectivity index is 1.82. The summed E-state index contributed by atoms with van der Waals surface area (Å²) in [6.45, 7) is -2.35. The van der Waals surface area contributed by atoms with Gasteiger partial charge in [-0.3, -0.25) is 9.36 Å². The highest BCUT2D eigenvalue weighted by Gasteiger charge is 2.11. The smallest absolute Gasteiger partial charge is 0.387 e. The summed E-state index contributed by atoms with van der Waals surface area (Å²) in [5.41, 5.74) is 2.49. The molecule has 0 aliphatic heterocycles. The second-order valence-electron chi connectivity index (χ2n) is 4.97. The third-order valence-electron chi connectivity index (χ3n) is 3.22. The monoisotopic (exact) mass is 338 g/mol. The highest BCUT2D eigenvalue weighted by atomic mass is 35.5. The summed E-state index contributed by atoms with van der Waals surface area (Å²) >= 11 is 5.85. The summed E-state index contributed by atoms with van der Waals surface area (Å²) in [6.07, 6.45) is 7.14. The molecule has 0 saturated heterocycles. The molecule has 1 aromatic carbocycles. The molecule has 2 aromatic heterocycles. The van der Waals surface area contributed by atoms with E-state index in [-0.39, 0.29) is 10.8 Å². The van der Waals surface area contributed by atoms with Gasteiger partial charge in [0.15, 0.2) is 0 Å². The summed E-state index contributed by atoms with van der Waals surface area (Å²) in [5, 5.41) is 8.50. The largest absolute Gasteiger partial charge is 0.433 e. The van der Waals surface area contributed by atoms with Crippen molar-refractivity contribution in [1.82, 2.24) is 19.6 Å². The molecule has 0 spiro atoms. The van der Waals surface area contributed by atoms with Crippen LogP contribution in [0.4, 0.5) is 8.78 Å². The van der Waals surface area contributed by atoms with Crippen LogP contribution >= 0.6 is 11.6 Å². The van der Waals surface area contributed by atoms with Crippen LogP contribution < -0.4 is 4.74 Å². The molecule has 5 nitrogen and oxygen atoms in total. The molecule has 0 fully saturated rings. The number of hydrogen-bond acceptors (Lipinski definition) is 3. The predicted molar refractivity (Wildman–Crippen MR) is 81.6 cm³/mol. The van der Waals surface area contributed by atoms with E-state index in [0.717, 1.165) is 11.1 Å². The number of nitrogens with zero attached hydrogens (tertiary/aromatic N) is 4. The maximum Gasteiger partial charge on any atom is 0.387 e. The van der Waals surface area contributed by atoms with E-state index >= 15 is 0 Å². The molecular weight excluding hydrogens is 326 g/mol. The Kier molecular flexibility index (Phi) is 4.29. The number of halogens is 3. The molecule has 3 aromatic rings. The quantitative estimate of drug-likeness (QED) is 0.714. The molecule has 0 saturated carbocycles. The van der Waals surface area contributed by atoms with Crippen LogP contribution in [0, 0.1) is 0 Å². The fourth-order valence-corrected chi connectivity index (χ4v) is 2.37. The Hall–Kier alpha value is -2.41. The molecule has 0 aliphatic rings. The summed E-state index contributed by atoms with van der Waals surface area (Å²) in [6, 6.07) is 4.72. The molecule has 0 N–H and O–H groups in total. The number of alkyl halides is 2. The molecule has 120 valence electrons. The van der Waals surface area contributed by atoms with Crippen LogP contribution in [0.3, 0.4) is 0 Å². The van der Waals surface area contributed by atoms with Gasteiger partial charge in [0.2, 0.25) is 0 Å². The molecular formula is C15H13ClF2N4O. The van der Waals surface area contributed by atoms with Crippen molar-refractivity contribution < 1.29 is 13.5 Å². The Labute approximate surface area is 136 Å². The van der Waals surface area contributed by atoms with E-state index in [1.165, 1.54) is 12.1 Å². The number of benzene rings is 1. The molecule has 23 heavy (non-hydrogen) atoms. The average molecular weight is 339 g/mol.